The molecule has 0 saturated carbocycles. The predicted octanol–water partition coefficient (Wildman–Crippen LogP) is 9.74. The minimum absolute atomic E-state index is 0.651. The van der Waals surface area contributed by atoms with Crippen molar-refractivity contribution >= 4 is 45.8 Å². The van der Waals surface area contributed by atoms with Crippen molar-refractivity contribution in [3.05, 3.63) is 155 Å². The number of benzene rings is 6. The number of hydrogen-bond donors (Lipinski definition) is 0. The molecule has 0 saturated heterocycles. The molecule has 40 heavy (non-hydrogen) atoms. The van der Waals surface area contributed by atoms with E-state index in [9.17, 15) is 0 Å². The van der Waals surface area contributed by atoms with Gasteiger partial charge in [0.05, 0.1) is 23.3 Å². The molecule has 6 rings (SSSR count). The van der Waals surface area contributed by atoms with Gasteiger partial charge >= 0.3 is 0 Å². The fourth-order valence-corrected chi connectivity index (χ4v) is 5.12. The van der Waals surface area contributed by atoms with Gasteiger partial charge in [0.25, 0.3) is 0 Å². The van der Waals surface area contributed by atoms with E-state index in [1.54, 1.807) is 0 Å². The normalized spacial score (nSPS) is 11.2. The van der Waals surface area contributed by atoms with Crippen LogP contribution in [0, 0.1) is 22.7 Å². The highest BCUT2D eigenvalue weighted by Gasteiger charge is 2.15. The molecule has 0 N–H and O–H groups in total. The Kier molecular flexibility index (Phi) is 6.75. The lowest BCUT2D eigenvalue weighted by atomic mass is 9.86. The number of rotatable bonds is 5. The minimum atomic E-state index is 0.651. The molecule has 0 heterocycles. The summed E-state index contributed by atoms with van der Waals surface area (Å²) in [7, 11) is 0. The lowest BCUT2D eigenvalue weighted by Gasteiger charge is -2.17. The van der Waals surface area contributed by atoms with Crippen LogP contribution in [0.4, 0.5) is 0 Å². The van der Waals surface area contributed by atoms with Gasteiger partial charge in [-0.2, -0.15) is 10.5 Å². The van der Waals surface area contributed by atoms with Crippen LogP contribution in [0.15, 0.2) is 121 Å². The first kappa shape index (κ1) is 24.6. The summed E-state index contributed by atoms with van der Waals surface area (Å²) in [6, 6.07) is 45.4. The van der Waals surface area contributed by atoms with E-state index in [-0.39, 0.29) is 0 Å². The molecular weight excluding hydrogens is 484 g/mol. The van der Waals surface area contributed by atoms with Crippen LogP contribution in [0.1, 0.15) is 33.4 Å². The maximum atomic E-state index is 9.17. The van der Waals surface area contributed by atoms with Crippen molar-refractivity contribution in [2.75, 3.05) is 0 Å². The Bertz CT molecular complexity index is 1850. The first-order chi connectivity index (χ1) is 19.7. The lowest BCUT2D eigenvalue weighted by Crippen LogP contribution is -1.92. The van der Waals surface area contributed by atoms with E-state index in [2.05, 4.69) is 109 Å². The van der Waals surface area contributed by atoms with Gasteiger partial charge in [-0.05, 0) is 79.2 Å². The molecule has 0 atom stereocenters. The Labute approximate surface area is 234 Å². The molecule has 0 fully saturated rings. The molecule has 186 valence electrons. The largest absolute Gasteiger partial charge is 0.192 e. The summed E-state index contributed by atoms with van der Waals surface area (Å²) in [5.74, 6) is 0. The molecule has 0 aromatic heterocycles. The number of hydrogen-bond acceptors (Lipinski definition) is 2. The van der Waals surface area contributed by atoms with E-state index in [4.69, 9.17) is 10.5 Å². The molecule has 0 unspecified atom stereocenters. The van der Waals surface area contributed by atoms with Crippen LogP contribution in [0.2, 0.25) is 0 Å². The molecule has 0 spiro atoms. The molecule has 0 aliphatic heterocycles. The average molecular weight is 509 g/mol. The predicted molar refractivity (Wildman–Crippen MR) is 167 cm³/mol. The molecule has 0 aliphatic carbocycles. The molecule has 2 nitrogen and oxygen atoms in total. The van der Waals surface area contributed by atoms with E-state index < -0.39 is 0 Å². The number of nitriles is 2. The summed E-state index contributed by atoms with van der Waals surface area (Å²) in [6.07, 6.45) is 8.54. The smallest absolute Gasteiger partial charge is 0.0991 e. The van der Waals surface area contributed by atoms with E-state index in [1.807, 2.05) is 48.5 Å². The third kappa shape index (κ3) is 4.91. The highest BCUT2D eigenvalue weighted by molar-refractivity contribution is 6.11. The zero-order chi connectivity index (χ0) is 27.3. The van der Waals surface area contributed by atoms with Crippen molar-refractivity contribution in [1.82, 2.24) is 0 Å². The molecule has 2 heteroatoms. The minimum Gasteiger partial charge on any atom is -0.192 e. The first-order valence-corrected chi connectivity index (χ1v) is 13.1. The SMILES string of the molecule is N#Cc1ccc(/C=C/c2ccc3ccccc3c2-c2c(/C=C/c3ccc(C#N)cc3)ccc3ccccc23)cc1. The topological polar surface area (TPSA) is 47.6 Å². The fourth-order valence-electron chi connectivity index (χ4n) is 5.12. The Morgan fingerprint density at radius 1 is 0.400 bits per heavy atom. The first-order valence-electron chi connectivity index (χ1n) is 13.1. The van der Waals surface area contributed by atoms with E-state index in [1.165, 1.54) is 32.7 Å². The van der Waals surface area contributed by atoms with Crippen molar-refractivity contribution in [3.8, 4) is 23.3 Å². The molecule has 0 bridgehead atoms. The fraction of sp³-hybridized carbons (Fsp3) is 0. The van der Waals surface area contributed by atoms with Crippen molar-refractivity contribution in [1.29, 1.82) is 10.5 Å². The molecule has 6 aromatic rings. The Hall–Kier alpha value is -5.70. The van der Waals surface area contributed by atoms with Crippen molar-refractivity contribution in [3.63, 3.8) is 0 Å². The lowest BCUT2D eigenvalue weighted by molar-refractivity contribution is 1.48. The highest BCUT2D eigenvalue weighted by Crippen LogP contribution is 2.40. The van der Waals surface area contributed by atoms with Gasteiger partial charge in [-0.3, -0.25) is 0 Å². The van der Waals surface area contributed by atoms with E-state index >= 15 is 0 Å². The second-order valence-corrected chi connectivity index (χ2v) is 9.64. The third-order valence-corrected chi connectivity index (χ3v) is 7.16. The second-order valence-electron chi connectivity index (χ2n) is 9.64. The standard InChI is InChI=1S/C38H24N2/c39-25-29-13-9-27(10-14-29)17-19-33-23-21-31-5-1-3-7-35(31)37(33)38-34(24-22-32-6-2-4-8-36(32)38)20-18-28-11-15-30(26-40)16-12-28/h1-24H/b19-17+,20-18+. The Morgan fingerprint density at radius 3 is 1.20 bits per heavy atom. The van der Waals surface area contributed by atoms with Gasteiger partial charge < -0.3 is 0 Å². The maximum Gasteiger partial charge on any atom is 0.0991 e. The summed E-state index contributed by atoms with van der Waals surface area (Å²) in [5, 5.41) is 23.1. The second kappa shape index (κ2) is 11.0. The number of fused-ring (bicyclic) bond motifs is 2. The maximum absolute atomic E-state index is 9.17. The molecule has 0 radical (unpaired) electrons. The van der Waals surface area contributed by atoms with Gasteiger partial charge in [0, 0.05) is 0 Å². The van der Waals surface area contributed by atoms with Gasteiger partial charge in [0.1, 0.15) is 0 Å². The molecule has 0 aliphatic rings. The summed E-state index contributed by atoms with van der Waals surface area (Å²) in [5.41, 5.74) is 7.98. The van der Waals surface area contributed by atoms with Gasteiger partial charge in [0.2, 0.25) is 0 Å². The van der Waals surface area contributed by atoms with E-state index in [0.29, 0.717) is 11.1 Å². The van der Waals surface area contributed by atoms with Crippen molar-refractivity contribution in [2.45, 2.75) is 0 Å². The zero-order valence-electron chi connectivity index (χ0n) is 21.8. The van der Waals surface area contributed by atoms with Crippen LogP contribution in [-0.4, -0.2) is 0 Å². The summed E-state index contributed by atoms with van der Waals surface area (Å²) in [6.45, 7) is 0. The quantitative estimate of drug-likeness (QED) is 0.218. The summed E-state index contributed by atoms with van der Waals surface area (Å²) < 4.78 is 0. The molecule has 0 amide bonds. The van der Waals surface area contributed by atoms with Crippen LogP contribution in [0.25, 0.3) is 57.0 Å². The summed E-state index contributed by atoms with van der Waals surface area (Å²) in [4.78, 5) is 0. The van der Waals surface area contributed by atoms with E-state index in [0.717, 1.165) is 22.3 Å². The Morgan fingerprint density at radius 2 is 0.800 bits per heavy atom. The van der Waals surface area contributed by atoms with Crippen LogP contribution >= 0.6 is 0 Å². The number of nitrogens with zero attached hydrogens (tertiary/aromatic N) is 2. The van der Waals surface area contributed by atoms with Crippen molar-refractivity contribution < 1.29 is 0 Å². The average Bonchev–Trinajstić information content (AvgIpc) is 3.03. The Balaban J connectivity index is 1.57. The van der Waals surface area contributed by atoms with Crippen LogP contribution in [0.5, 0.6) is 0 Å². The monoisotopic (exact) mass is 508 g/mol. The molecule has 6 aromatic carbocycles. The van der Waals surface area contributed by atoms with Crippen LogP contribution in [0.3, 0.4) is 0 Å². The zero-order valence-corrected chi connectivity index (χ0v) is 21.8. The summed E-state index contributed by atoms with van der Waals surface area (Å²) >= 11 is 0. The van der Waals surface area contributed by atoms with Gasteiger partial charge in [-0.25, -0.2) is 0 Å². The van der Waals surface area contributed by atoms with Gasteiger partial charge in [-0.1, -0.05) is 121 Å². The third-order valence-electron chi connectivity index (χ3n) is 7.16. The molecular formula is C38H24N2. The highest BCUT2D eigenvalue weighted by atomic mass is 14.2. The van der Waals surface area contributed by atoms with Crippen LogP contribution < -0.4 is 0 Å². The van der Waals surface area contributed by atoms with Gasteiger partial charge in [-0.15, -0.1) is 0 Å². The van der Waals surface area contributed by atoms with Crippen LogP contribution in [-0.2, 0) is 0 Å². The van der Waals surface area contributed by atoms with Crippen molar-refractivity contribution in [2.24, 2.45) is 0 Å². The van der Waals surface area contributed by atoms with Gasteiger partial charge in [0.15, 0.2) is 0 Å².